The fourth-order valence-corrected chi connectivity index (χ4v) is 3.95. The van der Waals surface area contributed by atoms with Gasteiger partial charge in [-0.3, -0.25) is 0 Å². The molecule has 124 valence electrons. The quantitative estimate of drug-likeness (QED) is 0.623. The predicted octanol–water partition coefficient (Wildman–Crippen LogP) is 5.58. The van der Waals surface area contributed by atoms with Gasteiger partial charge in [-0.1, -0.05) is 35.8 Å². The first-order valence-corrected chi connectivity index (χ1v) is 9.65. The van der Waals surface area contributed by atoms with Gasteiger partial charge in [-0.25, -0.2) is 0 Å². The summed E-state index contributed by atoms with van der Waals surface area (Å²) >= 11 is 3.65. The highest BCUT2D eigenvalue weighted by atomic mass is 79.9. The van der Waals surface area contributed by atoms with Crippen molar-refractivity contribution in [1.82, 2.24) is 0 Å². The summed E-state index contributed by atoms with van der Waals surface area (Å²) in [4.78, 5) is 2.66. The van der Waals surface area contributed by atoms with Crippen LogP contribution in [-0.4, -0.2) is 25.3 Å². The summed E-state index contributed by atoms with van der Waals surface area (Å²) in [5.41, 5.74) is 2.89. The van der Waals surface area contributed by atoms with E-state index in [1.54, 1.807) is 0 Å². The molecule has 1 fully saturated rings. The van der Waals surface area contributed by atoms with Gasteiger partial charge < -0.3 is 9.64 Å². The number of hydrogen-bond acceptors (Lipinski definition) is 2. The van der Waals surface area contributed by atoms with E-state index >= 15 is 0 Å². The number of ether oxygens (including phenoxy) is 1. The number of halogens is 1. The Balaban J connectivity index is 2.15. The van der Waals surface area contributed by atoms with Crippen molar-refractivity contribution in [2.24, 2.45) is 0 Å². The van der Waals surface area contributed by atoms with Gasteiger partial charge in [0, 0.05) is 29.4 Å². The molecule has 0 heterocycles. The Morgan fingerprint density at radius 3 is 2.45 bits per heavy atom. The van der Waals surface area contributed by atoms with E-state index < -0.39 is 0 Å². The average molecular weight is 368 g/mol. The van der Waals surface area contributed by atoms with E-state index in [1.165, 1.54) is 47.8 Å². The summed E-state index contributed by atoms with van der Waals surface area (Å²) in [7, 11) is 0. The maximum absolute atomic E-state index is 5.81. The molecule has 3 heteroatoms. The largest absolute Gasteiger partial charge is 0.379 e. The molecule has 22 heavy (non-hydrogen) atoms. The molecule has 0 spiro atoms. The van der Waals surface area contributed by atoms with Gasteiger partial charge in [0.1, 0.15) is 0 Å². The molecular weight excluding hydrogens is 338 g/mol. The predicted molar refractivity (Wildman–Crippen MR) is 98.8 cm³/mol. The first-order chi connectivity index (χ1) is 10.7. The lowest BCUT2D eigenvalue weighted by Crippen LogP contribution is -2.40. The van der Waals surface area contributed by atoms with Crippen molar-refractivity contribution in [3.05, 3.63) is 28.2 Å². The molecule has 0 amide bonds. The molecular formula is C19H30BrNO. The first-order valence-electron chi connectivity index (χ1n) is 8.86. The summed E-state index contributed by atoms with van der Waals surface area (Å²) in [6.45, 7) is 8.63. The molecule has 1 saturated carbocycles. The minimum Gasteiger partial charge on any atom is -0.379 e. The molecule has 2 rings (SSSR count). The minimum atomic E-state index is 0.484. The summed E-state index contributed by atoms with van der Waals surface area (Å²) in [5.74, 6) is 0. The molecule has 0 unspecified atom stereocenters. The zero-order chi connectivity index (χ0) is 15.9. The van der Waals surface area contributed by atoms with E-state index in [1.807, 2.05) is 0 Å². The van der Waals surface area contributed by atoms with Crippen molar-refractivity contribution >= 4 is 21.6 Å². The number of rotatable bonds is 7. The second-order valence-electron chi connectivity index (χ2n) is 6.21. The molecule has 1 aromatic carbocycles. The Hall–Kier alpha value is -0.540. The topological polar surface area (TPSA) is 12.5 Å². The molecule has 0 radical (unpaired) electrons. The normalized spacial score (nSPS) is 21.8. The van der Waals surface area contributed by atoms with E-state index in [-0.39, 0.29) is 0 Å². The molecule has 0 bridgehead atoms. The SMILES string of the molecule is CCCN(c1cc(Br)ccc1CC)C1CCC(OCC)CC1. The lowest BCUT2D eigenvalue weighted by atomic mass is 9.90. The van der Waals surface area contributed by atoms with E-state index in [0.717, 1.165) is 19.6 Å². The molecule has 1 aliphatic rings. The molecule has 1 aromatic rings. The molecule has 1 aliphatic carbocycles. The Kier molecular flexibility index (Phi) is 7.23. The van der Waals surface area contributed by atoms with Crippen molar-refractivity contribution in [3.8, 4) is 0 Å². The summed E-state index contributed by atoms with van der Waals surface area (Å²) in [6, 6.07) is 7.41. The molecule has 0 aliphatic heterocycles. The first kappa shape index (κ1) is 17.8. The zero-order valence-electron chi connectivity index (χ0n) is 14.3. The van der Waals surface area contributed by atoms with Crippen LogP contribution in [0.15, 0.2) is 22.7 Å². The minimum absolute atomic E-state index is 0.484. The van der Waals surface area contributed by atoms with Crippen molar-refractivity contribution < 1.29 is 4.74 Å². The number of benzene rings is 1. The Labute approximate surface area is 144 Å². The van der Waals surface area contributed by atoms with Crippen LogP contribution in [0.2, 0.25) is 0 Å². The lowest BCUT2D eigenvalue weighted by molar-refractivity contribution is 0.0326. The Morgan fingerprint density at radius 1 is 1.14 bits per heavy atom. The van der Waals surface area contributed by atoms with E-state index in [0.29, 0.717) is 12.1 Å². The van der Waals surface area contributed by atoms with Crippen LogP contribution in [0.25, 0.3) is 0 Å². The van der Waals surface area contributed by atoms with Crippen molar-refractivity contribution in [2.75, 3.05) is 18.1 Å². The highest BCUT2D eigenvalue weighted by Gasteiger charge is 2.27. The fraction of sp³-hybridized carbons (Fsp3) is 0.684. The lowest BCUT2D eigenvalue weighted by Gasteiger charge is -2.39. The van der Waals surface area contributed by atoms with Gasteiger partial charge in [0.25, 0.3) is 0 Å². The van der Waals surface area contributed by atoms with Crippen LogP contribution < -0.4 is 4.90 Å². The second kappa shape index (κ2) is 8.93. The van der Waals surface area contributed by atoms with Gasteiger partial charge >= 0.3 is 0 Å². The maximum atomic E-state index is 5.81. The van der Waals surface area contributed by atoms with Crippen molar-refractivity contribution in [3.63, 3.8) is 0 Å². The van der Waals surface area contributed by atoms with Crippen LogP contribution in [0, 0.1) is 0 Å². The summed E-state index contributed by atoms with van der Waals surface area (Å²) < 4.78 is 7.00. The van der Waals surface area contributed by atoms with Crippen LogP contribution >= 0.6 is 15.9 Å². The maximum Gasteiger partial charge on any atom is 0.0576 e. The monoisotopic (exact) mass is 367 g/mol. The highest BCUT2D eigenvalue weighted by molar-refractivity contribution is 9.10. The van der Waals surface area contributed by atoms with Crippen LogP contribution in [-0.2, 0) is 11.2 Å². The van der Waals surface area contributed by atoms with Gasteiger partial charge in [0.2, 0.25) is 0 Å². The average Bonchev–Trinajstić information content (AvgIpc) is 2.54. The van der Waals surface area contributed by atoms with Crippen LogP contribution in [0.3, 0.4) is 0 Å². The molecule has 0 N–H and O–H groups in total. The summed E-state index contributed by atoms with van der Waals surface area (Å²) in [5, 5.41) is 0. The number of anilines is 1. The third-order valence-corrected chi connectivity index (χ3v) is 5.18. The molecule has 0 atom stereocenters. The van der Waals surface area contributed by atoms with Crippen LogP contribution in [0.5, 0.6) is 0 Å². The Bertz CT molecular complexity index is 455. The Morgan fingerprint density at radius 2 is 1.86 bits per heavy atom. The van der Waals surface area contributed by atoms with Crippen LogP contribution in [0.1, 0.15) is 58.4 Å². The molecule has 2 nitrogen and oxygen atoms in total. The number of hydrogen-bond donors (Lipinski definition) is 0. The van der Waals surface area contributed by atoms with Gasteiger partial charge in [-0.2, -0.15) is 0 Å². The van der Waals surface area contributed by atoms with E-state index in [4.69, 9.17) is 4.74 Å². The number of aryl methyl sites for hydroxylation is 1. The number of nitrogens with zero attached hydrogens (tertiary/aromatic N) is 1. The van der Waals surface area contributed by atoms with Crippen LogP contribution in [0.4, 0.5) is 5.69 Å². The standard InChI is InChI=1S/C19H30BrNO/c1-4-13-21(17-9-11-18(12-10-17)22-6-3)19-14-16(20)8-7-15(19)5-2/h7-8,14,17-18H,4-6,9-13H2,1-3H3. The van der Waals surface area contributed by atoms with Gasteiger partial charge in [-0.05, 0) is 63.1 Å². The van der Waals surface area contributed by atoms with Gasteiger partial charge in [-0.15, -0.1) is 0 Å². The smallest absolute Gasteiger partial charge is 0.0576 e. The van der Waals surface area contributed by atoms with E-state index in [9.17, 15) is 0 Å². The summed E-state index contributed by atoms with van der Waals surface area (Å²) in [6.07, 6.45) is 7.68. The van der Waals surface area contributed by atoms with Crippen molar-refractivity contribution in [2.45, 2.75) is 71.4 Å². The van der Waals surface area contributed by atoms with Gasteiger partial charge in [0.05, 0.1) is 6.10 Å². The molecule has 0 aromatic heterocycles. The fourth-order valence-electron chi connectivity index (χ4n) is 3.60. The van der Waals surface area contributed by atoms with E-state index in [2.05, 4.69) is 59.8 Å². The second-order valence-corrected chi connectivity index (χ2v) is 7.12. The zero-order valence-corrected chi connectivity index (χ0v) is 15.9. The van der Waals surface area contributed by atoms with Crippen molar-refractivity contribution in [1.29, 1.82) is 0 Å². The highest BCUT2D eigenvalue weighted by Crippen LogP contribution is 2.33. The third-order valence-electron chi connectivity index (χ3n) is 4.69. The van der Waals surface area contributed by atoms with Gasteiger partial charge in [0.15, 0.2) is 0 Å². The third kappa shape index (κ3) is 4.48. The molecule has 0 saturated heterocycles.